The van der Waals surface area contributed by atoms with Gasteiger partial charge >= 0.3 is 0 Å². The predicted molar refractivity (Wildman–Crippen MR) is 75.4 cm³/mol. The molecule has 1 nitrogen and oxygen atoms in total. The SMILES string of the molecule is Cc1ccc(C(=O)C2CSc3ccccc32)cc1. The lowest BCUT2D eigenvalue weighted by Crippen LogP contribution is -2.12. The van der Waals surface area contributed by atoms with E-state index in [9.17, 15) is 4.79 Å². The van der Waals surface area contributed by atoms with Crippen LogP contribution in [0, 0.1) is 6.92 Å². The molecule has 2 aromatic rings. The second-order valence-corrected chi connectivity index (χ2v) is 5.69. The van der Waals surface area contributed by atoms with Crippen LogP contribution in [0.4, 0.5) is 0 Å². The molecular formula is C16H14OS. The van der Waals surface area contributed by atoms with Gasteiger partial charge < -0.3 is 0 Å². The van der Waals surface area contributed by atoms with Gasteiger partial charge in [0.15, 0.2) is 5.78 Å². The number of Topliss-reactive ketones (excluding diaryl/α,β-unsaturated/α-hetero) is 1. The van der Waals surface area contributed by atoms with E-state index in [2.05, 4.69) is 12.1 Å². The first-order valence-corrected chi connectivity index (χ1v) is 7.07. The smallest absolute Gasteiger partial charge is 0.171 e. The highest BCUT2D eigenvalue weighted by Gasteiger charge is 2.29. The van der Waals surface area contributed by atoms with Crippen molar-refractivity contribution >= 4 is 17.5 Å². The number of carbonyl (C=O) groups excluding carboxylic acids is 1. The van der Waals surface area contributed by atoms with E-state index in [1.165, 1.54) is 16.0 Å². The molecule has 0 N–H and O–H groups in total. The van der Waals surface area contributed by atoms with E-state index in [1.54, 1.807) is 11.8 Å². The van der Waals surface area contributed by atoms with Crippen molar-refractivity contribution in [3.8, 4) is 0 Å². The van der Waals surface area contributed by atoms with Gasteiger partial charge in [-0.2, -0.15) is 0 Å². The molecule has 2 aromatic carbocycles. The van der Waals surface area contributed by atoms with Crippen LogP contribution in [-0.2, 0) is 0 Å². The van der Waals surface area contributed by atoms with Crippen LogP contribution in [0.3, 0.4) is 0 Å². The van der Waals surface area contributed by atoms with E-state index in [-0.39, 0.29) is 11.7 Å². The van der Waals surface area contributed by atoms with Crippen LogP contribution in [0.15, 0.2) is 53.4 Å². The fourth-order valence-electron chi connectivity index (χ4n) is 2.30. The van der Waals surface area contributed by atoms with Crippen molar-refractivity contribution in [2.75, 3.05) is 5.75 Å². The van der Waals surface area contributed by atoms with Gasteiger partial charge in [-0.3, -0.25) is 4.79 Å². The van der Waals surface area contributed by atoms with Crippen LogP contribution < -0.4 is 0 Å². The summed E-state index contributed by atoms with van der Waals surface area (Å²) in [5, 5.41) is 0. The summed E-state index contributed by atoms with van der Waals surface area (Å²) in [6.45, 7) is 2.04. The van der Waals surface area contributed by atoms with E-state index in [0.717, 1.165) is 11.3 Å². The molecule has 0 spiro atoms. The highest BCUT2D eigenvalue weighted by molar-refractivity contribution is 7.99. The fourth-order valence-corrected chi connectivity index (χ4v) is 3.53. The number of hydrogen-bond acceptors (Lipinski definition) is 2. The molecule has 0 aliphatic carbocycles. The third-order valence-electron chi connectivity index (χ3n) is 3.35. The zero-order valence-electron chi connectivity index (χ0n) is 10.2. The first-order chi connectivity index (χ1) is 8.75. The van der Waals surface area contributed by atoms with Crippen LogP contribution in [0.2, 0.25) is 0 Å². The Balaban J connectivity index is 1.93. The third-order valence-corrected chi connectivity index (χ3v) is 4.54. The molecule has 0 fully saturated rings. The van der Waals surface area contributed by atoms with E-state index in [1.807, 2.05) is 43.3 Å². The Hall–Kier alpha value is -1.54. The van der Waals surface area contributed by atoms with E-state index < -0.39 is 0 Å². The molecule has 1 unspecified atom stereocenters. The van der Waals surface area contributed by atoms with Crippen molar-refractivity contribution in [1.82, 2.24) is 0 Å². The Labute approximate surface area is 111 Å². The predicted octanol–water partition coefficient (Wildman–Crippen LogP) is 4.07. The summed E-state index contributed by atoms with van der Waals surface area (Å²) in [7, 11) is 0. The average Bonchev–Trinajstić information content (AvgIpc) is 2.82. The number of carbonyl (C=O) groups is 1. The summed E-state index contributed by atoms with van der Waals surface area (Å²) in [6.07, 6.45) is 0. The molecule has 1 heterocycles. The summed E-state index contributed by atoms with van der Waals surface area (Å²) in [4.78, 5) is 13.8. The standard InChI is InChI=1S/C16H14OS/c1-11-6-8-12(9-7-11)16(17)14-10-18-15-5-3-2-4-13(14)15/h2-9,14H,10H2,1H3. The van der Waals surface area contributed by atoms with Crippen LogP contribution in [0.1, 0.15) is 27.4 Å². The summed E-state index contributed by atoms with van der Waals surface area (Å²) >= 11 is 1.78. The van der Waals surface area contributed by atoms with Gasteiger partial charge in [0.2, 0.25) is 0 Å². The van der Waals surface area contributed by atoms with Crippen molar-refractivity contribution < 1.29 is 4.79 Å². The summed E-state index contributed by atoms with van der Waals surface area (Å²) in [5.74, 6) is 1.13. The number of fused-ring (bicyclic) bond motifs is 1. The second-order valence-electron chi connectivity index (χ2n) is 4.63. The topological polar surface area (TPSA) is 17.1 Å². The summed E-state index contributed by atoms with van der Waals surface area (Å²) in [6, 6.07) is 16.1. The lowest BCUT2D eigenvalue weighted by molar-refractivity contribution is 0.0968. The molecule has 1 aliphatic rings. The molecule has 18 heavy (non-hydrogen) atoms. The first-order valence-electron chi connectivity index (χ1n) is 6.08. The second kappa shape index (κ2) is 4.62. The first kappa shape index (κ1) is 11.5. The van der Waals surface area contributed by atoms with Crippen molar-refractivity contribution in [1.29, 1.82) is 0 Å². The van der Waals surface area contributed by atoms with Crippen LogP contribution >= 0.6 is 11.8 Å². The average molecular weight is 254 g/mol. The van der Waals surface area contributed by atoms with E-state index >= 15 is 0 Å². The molecule has 1 atom stereocenters. The molecule has 2 heteroatoms. The van der Waals surface area contributed by atoms with Gasteiger partial charge in [-0.25, -0.2) is 0 Å². The molecule has 0 bridgehead atoms. The molecule has 0 amide bonds. The monoisotopic (exact) mass is 254 g/mol. The number of thioether (sulfide) groups is 1. The number of ketones is 1. The highest BCUT2D eigenvalue weighted by Crippen LogP contribution is 2.40. The van der Waals surface area contributed by atoms with Crippen molar-refractivity contribution in [3.63, 3.8) is 0 Å². The highest BCUT2D eigenvalue weighted by atomic mass is 32.2. The number of benzene rings is 2. The number of hydrogen-bond donors (Lipinski definition) is 0. The number of aryl methyl sites for hydroxylation is 1. The van der Waals surface area contributed by atoms with Gasteiger partial charge in [0.25, 0.3) is 0 Å². The zero-order valence-corrected chi connectivity index (χ0v) is 11.0. The summed E-state index contributed by atoms with van der Waals surface area (Å²) < 4.78 is 0. The van der Waals surface area contributed by atoms with Crippen LogP contribution in [0.25, 0.3) is 0 Å². The minimum Gasteiger partial charge on any atom is -0.293 e. The molecule has 90 valence electrons. The van der Waals surface area contributed by atoms with Gasteiger partial charge in [-0.1, -0.05) is 48.0 Å². The quantitative estimate of drug-likeness (QED) is 0.752. The molecule has 1 aliphatic heterocycles. The molecule has 3 rings (SSSR count). The molecular weight excluding hydrogens is 240 g/mol. The Bertz CT molecular complexity index is 586. The third kappa shape index (κ3) is 1.97. The minimum absolute atomic E-state index is 0.0221. The zero-order chi connectivity index (χ0) is 12.5. The Morgan fingerprint density at radius 1 is 1.11 bits per heavy atom. The molecule has 0 radical (unpaired) electrons. The molecule has 0 saturated heterocycles. The van der Waals surface area contributed by atoms with Crippen LogP contribution in [-0.4, -0.2) is 11.5 Å². The van der Waals surface area contributed by atoms with Gasteiger partial charge in [0.05, 0.1) is 5.92 Å². The van der Waals surface area contributed by atoms with E-state index in [4.69, 9.17) is 0 Å². The number of rotatable bonds is 2. The normalized spacial score (nSPS) is 17.5. The Morgan fingerprint density at radius 3 is 2.61 bits per heavy atom. The van der Waals surface area contributed by atoms with Gasteiger partial charge in [-0.15, -0.1) is 11.8 Å². The van der Waals surface area contributed by atoms with Crippen molar-refractivity contribution in [3.05, 3.63) is 65.2 Å². The maximum atomic E-state index is 12.5. The largest absolute Gasteiger partial charge is 0.293 e. The summed E-state index contributed by atoms with van der Waals surface area (Å²) in [5.41, 5.74) is 3.20. The van der Waals surface area contributed by atoms with Gasteiger partial charge in [-0.05, 0) is 18.6 Å². The fraction of sp³-hybridized carbons (Fsp3) is 0.188. The molecule has 0 aromatic heterocycles. The lowest BCUT2D eigenvalue weighted by atomic mass is 9.92. The van der Waals surface area contributed by atoms with Gasteiger partial charge in [0, 0.05) is 16.2 Å². The maximum absolute atomic E-state index is 12.5. The Morgan fingerprint density at radius 2 is 1.83 bits per heavy atom. The Kier molecular flexibility index (Phi) is 2.96. The van der Waals surface area contributed by atoms with E-state index in [0.29, 0.717) is 0 Å². The minimum atomic E-state index is 0.0221. The molecule has 0 saturated carbocycles. The maximum Gasteiger partial charge on any atom is 0.171 e. The van der Waals surface area contributed by atoms with Crippen molar-refractivity contribution in [2.24, 2.45) is 0 Å². The van der Waals surface area contributed by atoms with Crippen molar-refractivity contribution in [2.45, 2.75) is 17.7 Å². The lowest BCUT2D eigenvalue weighted by Gasteiger charge is -2.09. The van der Waals surface area contributed by atoms with Gasteiger partial charge in [0.1, 0.15) is 0 Å². The van der Waals surface area contributed by atoms with Crippen LogP contribution in [0.5, 0.6) is 0 Å².